The van der Waals surface area contributed by atoms with E-state index < -0.39 is 0 Å². The number of benzene rings is 1. The summed E-state index contributed by atoms with van der Waals surface area (Å²) in [5.41, 5.74) is 1.05. The van der Waals surface area contributed by atoms with E-state index in [9.17, 15) is 4.79 Å². The van der Waals surface area contributed by atoms with Gasteiger partial charge in [-0.15, -0.1) is 0 Å². The predicted molar refractivity (Wildman–Crippen MR) is 55.0 cm³/mol. The second-order valence-electron chi connectivity index (χ2n) is 3.31. The molecule has 1 aromatic carbocycles. The molecule has 0 aliphatic heterocycles. The molecule has 1 nitrogen and oxygen atoms in total. The highest BCUT2D eigenvalue weighted by Gasteiger charge is 2.09. The molecule has 0 bridgehead atoms. The number of hydrogen-bond acceptors (Lipinski definition) is 1. The van der Waals surface area contributed by atoms with Gasteiger partial charge in [-0.3, -0.25) is 4.79 Å². The molecule has 0 fully saturated rings. The molecule has 0 saturated carbocycles. The van der Waals surface area contributed by atoms with E-state index in [2.05, 4.69) is 0 Å². The van der Waals surface area contributed by atoms with Gasteiger partial charge in [-0.1, -0.05) is 36.7 Å². The Kier molecular flexibility index (Phi) is 3.49. The monoisotopic (exact) mass is 196 g/mol. The topological polar surface area (TPSA) is 17.1 Å². The first-order chi connectivity index (χ1) is 6.11. The Morgan fingerprint density at radius 1 is 1.46 bits per heavy atom. The molecule has 0 aromatic heterocycles. The maximum atomic E-state index is 11.0. The van der Waals surface area contributed by atoms with E-state index in [0.29, 0.717) is 0 Å². The highest BCUT2D eigenvalue weighted by atomic mass is 35.5. The van der Waals surface area contributed by atoms with E-state index in [1.54, 1.807) is 6.92 Å². The molecule has 1 aromatic rings. The van der Waals surface area contributed by atoms with Crippen molar-refractivity contribution >= 4 is 17.4 Å². The minimum Gasteiger partial charge on any atom is -0.300 e. The molecule has 0 aliphatic rings. The van der Waals surface area contributed by atoms with Crippen LogP contribution in [0.1, 0.15) is 19.4 Å². The number of ketones is 1. The van der Waals surface area contributed by atoms with E-state index in [1.807, 2.05) is 31.2 Å². The highest BCUT2D eigenvalue weighted by Crippen LogP contribution is 2.18. The lowest BCUT2D eigenvalue weighted by atomic mass is 9.98. The fraction of sp³-hybridized carbons (Fsp3) is 0.364. The van der Waals surface area contributed by atoms with Gasteiger partial charge in [0, 0.05) is 10.9 Å². The molecule has 0 amide bonds. The lowest BCUT2D eigenvalue weighted by Gasteiger charge is -2.08. The molecule has 0 spiro atoms. The fourth-order valence-corrected chi connectivity index (χ4v) is 1.35. The molecule has 0 aliphatic carbocycles. The van der Waals surface area contributed by atoms with Crippen LogP contribution in [0.4, 0.5) is 0 Å². The second kappa shape index (κ2) is 4.43. The highest BCUT2D eigenvalue weighted by molar-refractivity contribution is 6.31. The summed E-state index contributed by atoms with van der Waals surface area (Å²) in [5, 5.41) is 0.746. The van der Waals surface area contributed by atoms with Gasteiger partial charge in [-0.05, 0) is 25.0 Å². The summed E-state index contributed by atoms with van der Waals surface area (Å²) in [6.07, 6.45) is 0.731. The van der Waals surface area contributed by atoms with Crippen molar-refractivity contribution in [3.63, 3.8) is 0 Å². The zero-order valence-corrected chi connectivity index (χ0v) is 8.64. The maximum absolute atomic E-state index is 11.0. The average molecular weight is 197 g/mol. The molecule has 1 rings (SSSR count). The quantitative estimate of drug-likeness (QED) is 0.726. The van der Waals surface area contributed by atoms with Crippen molar-refractivity contribution in [3.8, 4) is 0 Å². The number of halogens is 1. The normalized spacial score (nSPS) is 12.5. The Bertz CT molecular complexity index is 307. The largest absolute Gasteiger partial charge is 0.300 e. The summed E-state index contributed by atoms with van der Waals surface area (Å²) in [7, 11) is 0. The van der Waals surface area contributed by atoms with Crippen LogP contribution in [0.25, 0.3) is 0 Å². The van der Waals surface area contributed by atoms with Gasteiger partial charge in [0.1, 0.15) is 5.78 Å². The number of hydrogen-bond donors (Lipinski definition) is 0. The number of Topliss-reactive ketones (excluding diaryl/α,β-unsaturated/α-hetero) is 1. The summed E-state index contributed by atoms with van der Waals surface area (Å²) >= 11 is 5.96. The Morgan fingerprint density at radius 3 is 2.62 bits per heavy atom. The molecule has 0 saturated heterocycles. The van der Waals surface area contributed by atoms with Gasteiger partial charge in [0.15, 0.2) is 0 Å². The van der Waals surface area contributed by atoms with Crippen molar-refractivity contribution in [2.45, 2.75) is 20.3 Å². The smallest absolute Gasteiger partial charge is 0.132 e. The van der Waals surface area contributed by atoms with Crippen molar-refractivity contribution in [1.82, 2.24) is 0 Å². The summed E-state index contributed by atoms with van der Waals surface area (Å²) in [4.78, 5) is 11.0. The molecule has 0 N–H and O–H groups in total. The van der Waals surface area contributed by atoms with Crippen LogP contribution in [0.2, 0.25) is 5.02 Å². The van der Waals surface area contributed by atoms with Crippen LogP contribution < -0.4 is 0 Å². The van der Waals surface area contributed by atoms with Gasteiger partial charge in [0.05, 0.1) is 0 Å². The van der Waals surface area contributed by atoms with Gasteiger partial charge in [0.25, 0.3) is 0 Å². The fourth-order valence-electron chi connectivity index (χ4n) is 1.14. The Hall–Kier alpha value is -0.820. The lowest BCUT2D eigenvalue weighted by Crippen LogP contribution is -2.09. The van der Waals surface area contributed by atoms with Gasteiger partial charge in [0.2, 0.25) is 0 Å². The maximum Gasteiger partial charge on any atom is 0.132 e. The van der Waals surface area contributed by atoms with E-state index in [1.165, 1.54) is 0 Å². The third-order valence-electron chi connectivity index (χ3n) is 2.18. The van der Waals surface area contributed by atoms with E-state index in [4.69, 9.17) is 11.6 Å². The summed E-state index contributed by atoms with van der Waals surface area (Å²) in [6, 6.07) is 7.64. The van der Waals surface area contributed by atoms with Crippen molar-refractivity contribution in [3.05, 3.63) is 34.9 Å². The first-order valence-electron chi connectivity index (χ1n) is 4.35. The zero-order chi connectivity index (χ0) is 9.84. The first kappa shape index (κ1) is 10.3. The Morgan fingerprint density at radius 2 is 2.08 bits per heavy atom. The first-order valence-corrected chi connectivity index (χ1v) is 4.73. The molecule has 0 heterocycles. The van der Waals surface area contributed by atoms with Gasteiger partial charge >= 0.3 is 0 Å². The predicted octanol–water partition coefficient (Wildman–Crippen LogP) is 3.11. The van der Waals surface area contributed by atoms with Gasteiger partial charge < -0.3 is 0 Å². The van der Waals surface area contributed by atoms with Crippen LogP contribution in [0.5, 0.6) is 0 Å². The van der Waals surface area contributed by atoms with Crippen molar-refractivity contribution in [1.29, 1.82) is 0 Å². The SMILES string of the molecule is CC(=O)[C@H](C)Cc1ccccc1Cl. The molecule has 2 heteroatoms. The lowest BCUT2D eigenvalue weighted by molar-refractivity contribution is -0.120. The van der Waals surface area contributed by atoms with Crippen molar-refractivity contribution in [2.75, 3.05) is 0 Å². The molecular formula is C11H13ClO. The van der Waals surface area contributed by atoms with E-state index >= 15 is 0 Å². The third-order valence-corrected chi connectivity index (χ3v) is 2.55. The van der Waals surface area contributed by atoms with Crippen LogP contribution in [-0.2, 0) is 11.2 Å². The van der Waals surface area contributed by atoms with Crippen molar-refractivity contribution in [2.24, 2.45) is 5.92 Å². The third kappa shape index (κ3) is 2.85. The molecule has 13 heavy (non-hydrogen) atoms. The number of carbonyl (C=O) groups excluding carboxylic acids is 1. The van der Waals surface area contributed by atoms with E-state index in [0.717, 1.165) is 17.0 Å². The zero-order valence-electron chi connectivity index (χ0n) is 7.88. The average Bonchev–Trinajstić information content (AvgIpc) is 2.08. The second-order valence-corrected chi connectivity index (χ2v) is 3.71. The van der Waals surface area contributed by atoms with Crippen LogP contribution in [0.3, 0.4) is 0 Å². The van der Waals surface area contributed by atoms with Crippen LogP contribution in [0, 0.1) is 5.92 Å². The summed E-state index contributed by atoms with van der Waals surface area (Å²) in [5.74, 6) is 0.264. The molecule has 70 valence electrons. The minimum atomic E-state index is 0.0555. The van der Waals surface area contributed by atoms with Crippen LogP contribution >= 0.6 is 11.6 Å². The molecular weight excluding hydrogens is 184 g/mol. The number of carbonyl (C=O) groups is 1. The van der Waals surface area contributed by atoms with Gasteiger partial charge in [-0.25, -0.2) is 0 Å². The minimum absolute atomic E-state index is 0.0555. The summed E-state index contributed by atoms with van der Waals surface area (Å²) in [6.45, 7) is 3.53. The number of rotatable bonds is 3. The van der Waals surface area contributed by atoms with Crippen molar-refractivity contribution < 1.29 is 4.79 Å². The van der Waals surface area contributed by atoms with Crippen LogP contribution in [0.15, 0.2) is 24.3 Å². The molecule has 0 radical (unpaired) electrons. The Labute approximate surface area is 83.7 Å². The van der Waals surface area contributed by atoms with E-state index in [-0.39, 0.29) is 11.7 Å². The Balaban J connectivity index is 2.74. The summed E-state index contributed by atoms with van der Waals surface area (Å²) < 4.78 is 0. The van der Waals surface area contributed by atoms with Gasteiger partial charge in [-0.2, -0.15) is 0 Å². The van der Waals surface area contributed by atoms with Crippen LogP contribution in [-0.4, -0.2) is 5.78 Å². The molecule has 1 atom stereocenters. The standard InChI is InChI=1S/C11H13ClO/c1-8(9(2)13)7-10-5-3-4-6-11(10)12/h3-6,8H,7H2,1-2H3/t8-/m1/s1. The molecule has 0 unspecified atom stereocenters.